The summed E-state index contributed by atoms with van der Waals surface area (Å²) in [7, 11) is 0. The van der Waals surface area contributed by atoms with E-state index in [0.29, 0.717) is 5.54 Å². The molecule has 1 nitrogen and oxygen atoms in total. The fourth-order valence-electron chi connectivity index (χ4n) is 2.32. The lowest BCUT2D eigenvalue weighted by atomic mass is 9.90. The van der Waals surface area contributed by atoms with Gasteiger partial charge >= 0.3 is 0 Å². The SMILES string of the molecule is CCC[C@H]1CCCN(C(C)(C)C)C1. The molecule has 0 radical (unpaired) electrons. The quantitative estimate of drug-likeness (QED) is 0.635. The van der Waals surface area contributed by atoms with E-state index < -0.39 is 0 Å². The lowest BCUT2D eigenvalue weighted by Crippen LogP contribution is -2.47. The minimum atomic E-state index is 0.381. The van der Waals surface area contributed by atoms with Crippen molar-refractivity contribution >= 4 is 0 Å². The van der Waals surface area contributed by atoms with E-state index in [9.17, 15) is 0 Å². The highest BCUT2D eigenvalue weighted by Crippen LogP contribution is 2.25. The van der Waals surface area contributed by atoms with Crippen LogP contribution in [0.3, 0.4) is 0 Å². The molecular formula is C12H25N. The van der Waals surface area contributed by atoms with Gasteiger partial charge in [0.2, 0.25) is 0 Å². The minimum absolute atomic E-state index is 0.381. The summed E-state index contributed by atoms with van der Waals surface area (Å²) in [4.78, 5) is 2.65. The largest absolute Gasteiger partial charge is 0.298 e. The highest BCUT2D eigenvalue weighted by Gasteiger charge is 2.26. The van der Waals surface area contributed by atoms with Gasteiger partial charge in [-0.2, -0.15) is 0 Å². The molecule has 0 aromatic rings. The van der Waals surface area contributed by atoms with Gasteiger partial charge in [0.25, 0.3) is 0 Å². The van der Waals surface area contributed by atoms with Gasteiger partial charge in [-0.15, -0.1) is 0 Å². The molecule has 1 aliphatic heterocycles. The standard InChI is InChI=1S/C12H25N/c1-5-7-11-8-6-9-13(10-11)12(2,3)4/h11H,5-10H2,1-4H3/t11-/m0/s1. The summed E-state index contributed by atoms with van der Waals surface area (Å²) in [5, 5.41) is 0. The summed E-state index contributed by atoms with van der Waals surface area (Å²) in [6.45, 7) is 11.9. The Morgan fingerprint density at radius 1 is 1.31 bits per heavy atom. The maximum atomic E-state index is 2.65. The predicted molar refractivity (Wildman–Crippen MR) is 59.0 cm³/mol. The van der Waals surface area contributed by atoms with Crippen molar-refractivity contribution in [1.82, 2.24) is 4.90 Å². The van der Waals surface area contributed by atoms with Gasteiger partial charge in [-0.1, -0.05) is 13.3 Å². The molecule has 0 aromatic heterocycles. The maximum Gasteiger partial charge on any atom is 0.0125 e. The van der Waals surface area contributed by atoms with Gasteiger partial charge in [-0.25, -0.2) is 0 Å². The second-order valence-electron chi connectivity index (χ2n) is 5.41. The van der Waals surface area contributed by atoms with E-state index in [1.54, 1.807) is 0 Å². The normalized spacial score (nSPS) is 26.3. The van der Waals surface area contributed by atoms with Crippen LogP contribution in [0.15, 0.2) is 0 Å². The molecule has 0 aromatic carbocycles. The Bertz CT molecular complexity index is 144. The minimum Gasteiger partial charge on any atom is -0.298 e. The molecule has 1 rings (SSSR count). The van der Waals surface area contributed by atoms with Crippen LogP contribution in [0, 0.1) is 5.92 Å². The molecule has 1 heterocycles. The lowest BCUT2D eigenvalue weighted by molar-refractivity contribution is 0.0760. The van der Waals surface area contributed by atoms with Crippen molar-refractivity contribution in [3.05, 3.63) is 0 Å². The molecular weight excluding hydrogens is 158 g/mol. The number of hydrogen-bond acceptors (Lipinski definition) is 1. The molecule has 1 saturated heterocycles. The third-order valence-corrected chi connectivity index (χ3v) is 3.16. The summed E-state index contributed by atoms with van der Waals surface area (Å²) < 4.78 is 0. The Labute approximate surface area is 83.5 Å². The van der Waals surface area contributed by atoms with E-state index >= 15 is 0 Å². The van der Waals surface area contributed by atoms with Crippen LogP contribution in [0.4, 0.5) is 0 Å². The van der Waals surface area contributed by atoms with E-state index in [1.807, 2.05) is 0 Å². The number of rotatable bonds is 2. The molecule has 0 saturated carbocycles. The molecule has 13 heavy (non-hydrogen) atoms. The molecule has 1 heteroatoms. The fraction of sp³-hybridized carbons (Fsp3) is 1.00. The number of likely N-dealkylation sites (tertiary alicyclic amines) is 1. The first-order valence-corrected chi connectivity index (χ1v) is 5.79. The van der Waals surface area contributed by atoms with E-state index in [-0.39, 0.29) is 0 Å². The van der Waals surface area contributed by atoms with E-state index in [1.165, 1.54) is 38.8 Å². The summed E-state index contributed by atoms with van der Waals surface area (Å²) >= 11 is 0. The Balaban J connectivity index is 2.42. The van der Waals surface area contributed by atoms with Crippen LogP contribution in [0.5, 0.6) is 0 Å². The molecule has 0 aliphatic carbocycles. The molecule has 1 atom stereocenters. The summed E-state index contributed by atoms with van der Waals surface area (Å²) in [6.07, 6.45) is 5.64. The topological polar surface area (TPSA) is 3.24 Å². The highest BCUT2D eigenvalue weighted by atomic mass is 15.2. The Morgan fingerprint density at radius 3 is 2.54 bits per heavy atom. The van der Waals surface area contributed by atoms with Crippen molar-refractivity contribution in [2.45, 2.75) is 58.9 Å². The Hall–Kier alpha value is -0.0400. The molecule has 0 spiro atoms. The lowest BCUT2D eigenvalue weighted by Gasteiger charge is -2.41. The van der Waals surface area contributed by atoms with Gasteiger partial charge in [-0.05, 0) is 52.5 Å². The number of nitrogens with zero attached hydrogens (tertiary/aromatic N) is 1. The molecule has 0 unspecified atom stereocenters. The monoisotopic (exact) mass is 183 g/mol. The van der Waals surface area contributed by atoms with Gasteiger partial charge in [0, 0.05) is 12.1 Å². The molecule has 0 bridgehead atoms. The van der Waals surface area contributed by atoms with Crippen LogP contribution in [-0.2, 0) is 0 Å². The zero-order chi connectivity index (χ0) is 9.90. The molecule has 1 fully saturated rings. The van der Waals surface area contributed by atoms with Gasteiger partial charge in [0.05, 0.1) is 0 Å². The van der Waals surface area contributed by atoms with Crippen molar-refractivity contribution in [3.8, 4) is 0 Å². The van der Waals surface area contributed by atoms with Crippen LogP contribution in [0.25, 0.3) is 0 Å². The van der Waals surface area contributed by atoms with Gasteiger partial charge in [0.15, 0.2) is 0 Å². The average Bonchev–Trinajstić information content (AvgIpc) is 2.04. The second-order valence-corrected chi connectivity index (χ2v) is 5.41. The van der Waals surface area contributed by atoms with Crippen LogP contribution >= 0.6 is 0 Å². The first-order valence-electron chi connectivity index (χ1n) is 5.79. The highest BCUT2D eigenvalue weighted by molar-refractivity contribution is 4.82. The number of piperidine rings is 1. The molecule has 0 amide bonds. The van der Waals surface area contributed by atoms with Crippen LogP contribution in [0.2, 0.25) is 0 Å². The Morgan fingerprint density at radius 2 is 2.00 bits per heavy atom. The average molecular weight is 183 g/mol. The molecule has 1 aliphatic rings. The third kappa shape index (κ3) is 3.30. The third-order valence-electron chi connectivity index (χ3n) is 3.16. The predicted octanol–water partition coefficient (Wildman–Crippen LogP) is 3.30. The maximum absolute atomic E-state index is 2.65. The smallest absolute Gasteiger partial charge is 0.0125 e. The van der Waals surface area contributed by atoms with Crippen molar-refractivity contribution in [2.24, 2.45) is 5.92 Å². The van der Waals surface area contributed by atoms with Crippen LogP contribution in [-0.4, -0.2) is 23.5 Å². The van der Waals surface area contributed by atoms with E-state index in [4.69, 9.17) is 0 Å². The number of hydrogen-bond donors (Lipinski definition) is 0. The summed E-state index contributed by atoms with van der Waals surface area (Å²) in [5.41, 5.74) is 0.381. The van der Waals surface area contributed by atoms with Crippen molar-refractivity contribution in [3.63, 3.8) is 0 Å². The second kappa shape index (κ2) is 4.45. The van der Waals surface area contributed by atoms with Crippen molar-refractivity contribution in [2.75, 3.05) is 13.1 Å². The zero-order valence-electron chi connectivity index (χ0n) is 9.77. The van der Waals surface area contributed by atoms with E-state index in [2.05, 4.69) is 32.6 Å². The van der Waals surface area contributed by atoms with Gasteiger partial charge < -0.3 is 0 Å². The van der Waals surface area contributed by atoms with Crippen LogP contribution in [0.1, 0.15) is 53.4 Å². The first-order chi connectivity index (χ1) is 6.04. The molecule has 78 valence electrons. The van der Waals surface area contributed by atoms with E-state index in [0.717, 1.165) is 5.92 Å². The fourth-order valence-corrected chi connectivity index (χ4v) is 2.32. The zero-order valence-corrected chi connectivity index (χ0v) is 9.77. The van der Waals surface area contributed by atoms with Crippen molar-refractivity contribution < 1.29 is 0 Å². The van der Waals surface area contributed by atoms with Crippen LogP contribution < -0.4 is 0 Å². The summed E-state index contributed by atoms with van der Waals surface area (Å²) in [6, 6.07) is 0. The Kier molecular flexibility index (Phi) is 3.78. The van der Waals surface area contributed by atoms with Crippen molar-refractivity contribution in [1.29, 1.82) is 0 Å². The summed E-state index contributed by atoms with van der Waals surface area (Å²) in [5.74, 6) is 0.970. The van der Waals surface area contributed by atoms with Gasteiger partial charge in [-0.3, -0.25) is 4.90 Å². The van der Waals surface area contributed by atoms with Gasteiger partial charge in [0.1, 0.15) is 0 Å². The first kappa shape index (κ1) is 11.0. The molecule has 0 N–H and O–H groups in total.